The second-order valence-electron chi connectivity index (χ2n) is 8.28. The average molecular weight is 257 g/mol. The smallest absolute Gasteiger partial charge is 0.0664 e. The maximum atomic E-state index is 9.89. The van der Waals surface area contributed by atoms with Gasteiger partial charge in [-0.3, -0.25) is 0 Å². The molecular weight excluding hydrogens is 230 g/mol. The summed E-state index contributed by atoms with van der Waals surface area (Å²) >= 11 is 0. The summed E-state index contributed by atoms with van der Waals surface area (Å²) in [5, 5.41) is 9.89. The number of nitriles is 1. The lowest BCUT2D eigenvalue weighted by Gasteiger charge is -2.59. The van der Waals surface area contributed by atoms with Crippen LogP contribution in [0.4, 0.5) is 0 Å². The molecule has 5 aliphatic carbocycles. The Morgan fingerprint density at radius 3 is 1.84 bits per heavy atom. The van der Waals surface area contributed by atoms with Crippen LogP contribution in [0, 0.1) is 46.3 Å². The minimum Gasteiger partial charge on any atom is -0.198 e. The molecule has 0 aromatic heterocycles. The van der Waals surface area contributed by atoms with Crippen molar-refractivity contribution < 1.29 is 0 Å². The lowest BCUT2D eigenvalue weighted by atomic mass is 9.45. The van der Waals surface area contributed by atoms with Crippen LogP contribution in [0.5, 0.6) is 0 Å². The molecule has 104 valence electrons. The average Bonchev–Trinajstić information content (AvgIpc) is 2.38. The SMILES string of the molecule is N#CC(C1CCCCC1)C12CC3CC(CC(C3)C1)C2. The van der Waals surface area contributed by atoms with Crippen LogP contribution in [-0.4, -0.2) is 0 Å². The monoisotopic (exact) mass is 257 g/mol. The van der Waals surface area contributed by atoms with Gasteiger partial charge in [-0.1, -0.05) is 19.3 Å². The number of hydrogen-bond acceptors (Lipinski definition) is 1. The van der Waals surface area contributed by atoms with Crippen molar-refractivity contribution in [1.29, 1.82) is 5.26 Å². The molecule has 19 heavy (non-hydrogen) atoms. The first-order valence-corrected chi connectivity index (χ1v) is 8.69. The van der Waals surface area contributed by atoms with E-state index in [1.165, 1.54) is 70.6 Å². The molecule has 1 nitrogen and oxygen atoms in total. The van der Waals surface area contributed by atoms with Crippen LogP contribution in [0.2, 0.25) is 0 Å². The van der Waals surface area contributed by atoms with E-state index in [0.717, 1.165) is 23.7 Å². The fourth-order valence-corrected chi connectivity index (χ4v) is 6.77. The van der Waals surface area contributed by atoms with Crippen LogP contribution < -0.4 is 0 Å². The Kier molecular flexibility index (Phi) is 2.90. The van der Waals surface area contributed by atoms with Gasteiger partial charge in [0.05, 0.1) is 12.0 Å². The van der Waals surface area contributed by atoms with Crippen LogP contribution in [0.25, 0.3) is 0 Å². The summed E-state index contributed by atoms with van der Waals surface area (Å²) < 4.78 is 0. The largest absolute Gasteiger partial charge is 0.198 e. The molecule has 0 heterocycles. The van der Waals surface area contributed by atoms with E-state index in [2.05, 4.69) is 6.07 Å². The minimum absolute atomic E-state index is 0.404. The number of rotatable bonds is 2. The lowest BCUT2D eigenvalue weighted by Crippen LogP contribution is -2.51. The molecule has 1 heteroatoms. The fourth-order valence-electron chi connectivity index (χ4n) is 6.77. The summed E-state index contributed by atoms with van der Waals surface area (Å²) in [6.07, 6.45) is 15.6. The molecular formula is C18H27N. The van der Waals surface area contributed by atoms with Crippen molar-refractivity contribution in [3.8, 4) is 6.07 Å². The van der Waals surface area contributed by atoms with Gasteiger partial charge in [-0.15, -0.1) is 0 Å². The highest BCUT2D eigenvalue weighted by molar-refractivity contribution is 5.10. The topological polar surface area (TPSA) is 23.8 Å². The van der Waals surface area contributed by atoms with Gasteiger partial charge in [0, 0.05) is 0 Å². The zero-order valence-corrected chi connectivity index (χ0v) is 12.1. The van der Waals surface area contributed by atoms with E-state index in [1.54, 1.807) is 0 Å². The van der Waals surface area contributed by atoms with E-state index in [1.807, 2.05) is 0 Å². The van der Waals surface area contributed by atoms with Crippen molar-refractivity contribution in [2.45, 2.75) is 70.6 Å². The van der Waals surface area contributed by atoms with Gasteiger partial charge in [0.2, 0.25) is 0 Å². The molecule has 5 aliphatic rings. The molecule has 5 rings (SSSR count). The Labute approximate surface area is 117 Å². The van der Waals surface area contributed by atoms with Gasteiger partial charge >= 0.3 is 0 Å². The van der Waals surface area contributed by atoms with Gasteiger partial charge in [0.15, 0.2) is 0 Å². The fraction of sp³-hybridized carbons (Fsp3) is 0.944. The summed E-state index contributed by atoms with van der Waals surface area (Å²) in [5.41, 5.74) is 0.464. The summed E-state index contributed by atoms with van der Waals surface area (Å²) in [4.78, 5) is 0. The predicted octanol–water partition coefficient (Wildman–Crippen LogP) is 4.92. The number of hydrogen-bond donors (Lipinski definition) is 0. The highest BCUT2D eigenvalue weighted by Gasteiger charge is 2.55. The van der Waals surface area contributed by atoms with E-state index >= 15 is 0 Å². The Hall–Kier alpha value is -0.510. The van der Waals surface area contributed by atoms with E-state index < -0.39 is 0 Å². The van der Waals surface area contributed by atoms with Crippen LogP contribution in [0.3, 0.4) is 0 Å². The van der Waals surface area contributed by atoms with E-state index in [9.17, 15) is 5.26 Å². The third kappa shape index (κ3) is 1.94. The Morgan fingerprint density at radius 1 is 0.842 bits per heavy atom. The van der Waals surface area contributed by atoms with Crippen LogP contribution >= 0.6 is 0 Å². The van der Waals surface area contributed by atoms with Crippen LogP contribution in [0.15, 0.2) is 0 Å². The van der Waals surface area contributed by atoms with E-state index in [4.69, 9.17) is 0 Å². The van der Waals surface area contributed by atoms with E-state index in [0.29, 0.717) is 11.3 Å². The third-order valence-electron chi connectivity index (χ3n) is 7.01. The van der Waals surface area contributed by atoms with Crippen molar-refractivity contribution in [2.75, 3.05) is 0 Å². The summed E-state index contributed by atoms with van der Waals surface area (Å²) in [7, 11) is 0. The Balaban J connectivity index is 1.60. The molecule has 0 aliphatic heterocycles. The first-order chi connectivity index (χ1) is 9.29. The zero-order chi connectivity index (χ0) is 12.9. The quantitative estimate of drug-likeness (QED) is 0.688. The van der Waals surface area contributed by atoms with Crippen molar-refractivity contribution in [1.82, 2.24) is 0 Å². The zero-order valence-electron chi connectivity index (χ0n) is 12.1. The lowest BCUT2D eigenvalue weighted by molar-refractivity contribution is -0.0892. The first-order valence-electron chi connectivity index (χ1n) is 8.69. The van der Waals surface area contributed by atoms with Crippen molar-refractivity contribution in [3.05, 3.63) is 0 Å². The Bertz CT molecular complexity index is 350. The highest BCUT2D eigenvalue weighted by atomic mass is 14.6. The van der Waals surface area contributed by atoms with Gasteiger partial charge in [-0.2, -0.15) is 5.26 Å². The molecule has 0 aromatic carbocycles. The van der Waals surface area contributed by atoms with Gasteiger partial charge in [0.1, 0.15) is 0 Å². The van der Waals surface area contributed by atoms with Gasteiger partial charge in [-0.25, -0.2) is 0 Å². The van der Waals surface area contributed by atoms with Crippen molar-refractivity contribution in [2.24, 2.45) is 35.0 Å². The maximum absolute atomic E-state index is 9.89. The summed E-state index contributed by atoms with van der Waals surface area (Å²) in [6, 6.07) is 2.83. The van der Waals surface area contributed by atoms with E-state index in [-0.39, 0.29) is 0 Å². The molecule has 0 amide bonds. The maximum Gasteiger partial charge on any atom is 0.0664 e. The molecule has 0 N–H and O–H groups in total. The molecule has 0 spiro atoms. The molecule has 1 atom stereocenters. The molecule has 0 aromatic rings. The summed E-state index contributed by atoms with van der Waals surface area (Å²) in [6.45, 7) is 0. The Morgan fingerprint density at radius 2 is 1.37 bits per heavy atom. The molecule has 1 unspecified atom stereocenters. The third-order valence-corrected chi connectivity index (χ3v) is 7.01. The molecule has 5 saturated carbocycles. The predicted molar refractivity (Wildman–Crippen MR) is 76.3 cm³/mol. The molecule has 0 saturated heterocycles. The second-order valence-corrected chi connectivity index (χ2v) is 8.28. The van der Waals surface area contributed by atoms with Crippen molar-refractivity contribution in [3.63, 3.8) is 0 Å². The van der Waals surface area contributed by atoms with Crippen LogP contribution in [-0.2, 0) is 0 Å². The molecule has 5 fully saturated rings. The normalized spacial score (nSPS) is 47.0. The van der Waals surface area contributed by atoms with Crippen molar-refractivity contribution >= 4 is 0 Å². The number of nitrogens with zero attached hydrogens (tertiary/aromatic N) is 1. The molecule has 0 radical (unpaired) electrons. The van der Waals surface area contributed by atoms with Gasteiger partial charge in [0.25, 0.3) is 0 Å². The molecule has 4 bridgehead atoms. The minimum atomic E-state index is 0.404. The standard InChI is InChI=1S/C18H27N/c19-12-17(16-4-2-1-3-5-16)18-9-13-6-14(10-18)8-15(7-13)11-18/h13-17H,1-11H2. The second kappa shape index (κ2) is 4.51. The van der Waals surface area contributed by atoms with Crippen LogP contribution in [0.1, 0.15) is 70.6 Å². The first kappa shape index (κ1) is 12.2. The summed E-state index contributed by atoms with van der Waals surface area (Å²) in [5.74, 6) is 4.12. The highest BCUT2D eigenvalue weighted by Crippen LogP contribution is 2.64. The van der Waals surface area contributed by atoms with Gasteiger partial charge < -0.3 is 0 Å². The van der Waals surface area contributed by atoms with Gasteiger partial charge in [-0.05, 0) is 80.5 Å².